The summed E-state index contributed by atoms with van der Waals surface area (Å²) in [6, 6.07) is 20.5. The molecule has 9 nitrogen and oxygen atoms in total. The van der Waals surface area contributed by atoms with Crippen LogP contribution in [0.1, 0.15) is 5.56 Å². The second kappa shape index (κ2) is 11.8. The number of pyridine rings is 1. The third-order valence-electron chi connectivity index (χ3n) is 4.90. The monoisotopic (exact) mass is 484 g/mol. The number of hydrogen-bond donors (Lipinski definition) is 1. The number of rotatable bonds is 9. The number of likely N-dealkylation sites (N-methyl/N-ethyl adjacent to an activating group) is 1. The van der Waals surface area contributed by atoms with Crippen molar-refractivity contribution in [1.29, 1.82) is 0 Å². The average molecular weight is 485 g/mol. The Hall–Kier alpha value is -4.15. The van der Waals surface area contributed by atoms with Crippen LogP contribution in [-0.2, 0) is 0 Å². The van der Waals surface area contributed by atoms with Crippen LogP contribution < -0.4 is 4.90 Å². The van der Waals surface area contributed by atoms with Gasteiger partial charge in [-0.15, -0.1) is 10.2 Å². The number of hydrogen-bond acceptors (Lipinski definition) is 10. The zero-order valence-electron chi connectivity index (χ0n) is 19.4. The molecule has 2 aromatic heterocycles. The molecule has 0 spiro atoms. The standard InChI is InChI=1S/C25H24N8OS/c1-18-17-22(30-32-24-9-10-25(35-24)33(2)15-16-34)7-8-23(18)31-29-20-5-3-19(4-6-20)27-28-21-11-13-26-14-12-21/h3-14,17,34H,15-16H2,1-2H3. The highest BCUT2D eigenvalue weighted by Gasteiger charge is 2.05. The van der Waals surface area contributed by atoms with E-state index in [9.17, 15) is 0 Å². The van der Waals surface area contributed by atoms with E-state index in [1.165, 1.54) is 11.3 Å². The molecule has 0 aliphatic rings. The molecule has 0 aliphatic heterocycles. The summed E-state index contributed by atoms with van der Waals surface area (Å²) in [5.41, 5.74) is 4.63. The number of aliphatic hydroxyl groups is 1. The van der Waals surface area contributed by atoms with Crippen LogP contribution in [0.2, 0.25) is 0 Å². The van der Waals surface area contributed by atoms with E-state index in [2.05, 4.69) is 35.7 Å². The van der Waals surface area contributed by atoms with Gasteiger partial charge in [0, 0.05) is 26.0 Å². The van der Waals surface area contributed by atoms with Gasteiger partial charge in [0.1, 0.15) is 5.00 Å². The minimum absolute atomic E-state index is 0.110. The van der Waals surface area contributed by atoms with Crippen LogP contribution in [0, 0.1) is 6.92 Å². The third kappa shape index (κ3) is 6.92. The molecule has 4 rings (SSSR count). The number of aromatic nitrogens is 1. The van der Waals surface area contributed by atoms with E-state index in [-0.39, 0.29) is 6.61 Å². The first-order valence-electron chi connectivity index (χ1n) is 10.9. The van der Waals surface area contributed by atoms with Crippen molar-refractivity contribution in [3.63, 3.8) is 0 Å². The summed E-state index contributed by atoms with van der Waals surface area (Å²) < 4.78 is 0. The second-order valence-corrected chi connectivity index (χ2v) is 8.59. The van der Waals surface area contributed by atoms with Gasteiger partial charge in [-0.25, -0.2) is 0 Å². The molecule has 0 radical (unpaired) electrons. The average Bonchev–Trinajstić information content (AvgIpc) is 3.36. The summed E-state index contributed by atoms with van der Waals surface area (Å²) in [5.74, 6) is 0. The summed E-state index contributed by atoms with van der Waals surface area (Å²) in [6.45, 7) is 2.65. The summed E-state index contributed by atoms with van der Waals surface area (Å²) in [7, 11) is 1.93. The Morgan fingerprint density at radius 3 is 2.00 bits per heavy atom. The molecule has 0 fully saturated rings. The largest absolute Gasteiger partial charge is 0.395 e. The SMILES string of the molecule is Cc1cc(N=Nc2ccc(N(C)CCO)s2)ccc1N=Nc1ccc(N=Nc2ccncc2)cc1. The zero-order chi connectivity index (χ0) is 24.5. The van der Waals surface area contributed by atoms with Crippen LogP contribution in [-0.4, -0.2) is 30.3 Å². The molecule has 176 valence electrons. The lowest BCUT2D eigenvalue weighted by atomic mass is 10.2. The van der Waals surface area contributed by atoms with Gasteiger partial charge in [-0.1, -0.05) is 11.3 Å². The first-order valence-corrected chi connectivity index (χ1v) is 11.7. The second-order valence-electron chi connectivity index (χ2n) is 7.55. The number of anilines is 1. The summed E-state index contributed by atoms with van der Waals surface area (Å²) >= 11 is 1.52. The molecule has 0 saturated heterocycles. The molecule has 0 amide bonds. The molecule has 4 aromatic rings. The van der Waals surface area contributed by atoms with Gasteiger partial charge in [0.25, 0.3) is 0 Å². The normalized spacial score (nSPS) is 11.7. The van der Waals surface area contributed by atoms with Crippen LogP contribution in [0.4, 0.5) is 38.4 Å². The Morgan fingerprint density at radius 1 is 0.743 bits per heavy atom. The Morgan fingerprint density at radius 2 is 1.34 bits per heavy atom. The summed E-state index contributed by atoms with van der Waals surface area (Å²) in [5, 5.41) is 36.6. The van der Waals surface area contributed by atoms with Crippen molar-refractivity contribution < 1.29 is 5.11 Å². The quantitative estimate of drug-likeness (QED) is 0.242. The number of aryl methyl sites for hydroxylation is 1. The van der Waals surface area contributed by atoms with Crippen LogP contribution in [0.3, 0.4) is 0 Å². The molecular formula is C25H24N8OS. The minimum atomic E-state index is 0.110. The fraction of sp³-hybridized carbons (Fsp3) is 0.160. The van der Waals surface area contributed by atoms with Gasteiger partial charge >= 0.3 is 0 Å². The zero-order valence-corrected chi connectivity index (χ0v) is 20.2. The molecular weight excluding hydrogens is 460 g/mol. The fourth-order valence-corrected chi connectivity index (χ4v) is 3.80. The first-order chi connectivity index (χ1) is 17.1. The van der Waals surface area contributed by atoms with Gasteiger partial charge in [0.2, 0.25) is 0 Å². The van der Waals surface area contributed by atoms with E-state index in [0.717, 1.165) is 44.0 Å². The van der Waals surface area contributed by atoms with Crippen molar-refractivity contribution in [2.24, 2.45) is 30.7 Å². The predicted octanol–water partition coefficient (Wildman–Crippen LogP) is 8.13. The predicted molar refractivity (Wildman–Crippen MR) is 139 cm³/mol. The van der Waals surface area contributed by atoms with E-state index in [1.807, 2.05) is 73.5 Å². The number of nitrogens with zero attached hydrogens (tertiary/aromatic N) is 8. The van der Waals surface area contributed by atoms with E-state index in [0.29, 0.717) is 6.54 Å². The van der Waals surface area contributed by atoms with Crippen molar-refractivity contribution in [1.82, 2.24) is 4.98 Å². The maximum Gasteiger partial charge on any atom is 0.140 e. The molecule has 0 atom stereocenters. The van der Waals surface area contributed by atoms with Gasteiger partial charge in [-0.3, -0.25) is 4.98 Å². The smallest absolute Gasteiger partial charge is 0.140 e. The maximum atomic E-state index is 9.07. The topological polar surface area (TPSA) is 111 Å². The van der Waals surface area contributed by atoms with Crippen molar-refractivity contribution in [2.45, 2.75) is 6.92 Å². The molecule has 35 heavy (non-hydrogen) atoms. The van der Waals surface area contributed by atoms with Gasteiger partial charge in [0.15, 0.2) is 0 Å². The van der Waals surface area contributed by atoms with Crippen molar-refractivity contribution >= 4 is 49.8 Å². The van der Waals surface area contributed by atoms with Gasteiger partial charge in [-0.05, 0) is 79.2 Å². The van der Waals surface area contributed by atoms with E-state index in [1.54, 1.807) is 24.5 Å². The fourth-order valence-electron chi connectivity index (χ4n) is 2.98. The lowest BCUT2D eigenvalue weighted by Crippen LogP contribution is -2.19. The Bertz CT molecular complexity index is 1330. The molecule has 1 N–H and O–H groups in total. The van der Waals surface area contributed by atoms with Gasteiger partial charge in [-0.2, -0.15) is 20.5 Å². The van der Waals surface area contributed by atoms with E-state index < -0.39 is 0 Å². The number of azo groups is 3. The Balaban J connectivity index is 1.37. The molecule has 0 aliphatic carbocycles. The summed E-state index contributed by atoms with van der Waals surface area (Å²) in [6.07, 6.45) is 3.35. The molecule has 0 saturated carbocycles. The Labute approximate surface area is 207 Å². The van der Waals surface area contributed by atoms with Crippen LogP contribution >= 0.6 is 11.3 Å². The highest BCUT2D eigenvalue weighted by atomic mass is 32.1. The highest BCUT2D eigenvalue weighted by molar-refractivity contribution is 7.19. The number of benzene rings is 2. The molecule has 10 heteroatoms. The minimum Gasteiger partial charge on any atom is -0.395 e. The van der Waals surface area contributed by atoms with Crippen LogP contribution in [0.15, 0.2) is 110 Å². The molecule has 0 bridgehead atoms. The first kappa shape index (κ1) is 24.0. The summed E-state index contributed by atoms with van der Waals surface area (Å²) in [4.78, 5) is 5.94. The molecule has 2 heterocycles. The highest BCUT2D eigenvalue weighted by Crippen LogP contribution is 2.33. The third-order valence-corrected chi connectivity index (χ3v) is 5.98. The Kier molecular flexibility index (Phi) is 8.10. The van der Waals surface area contributed by atoms with E-state index >= 15 is 0 Å². The molecule has 0 unspecified atom stereocenters. The van der Waals surface area contributed by atoms with Crippen LogP contribution in [0.5, 0.6) is 0 Å². The number of thiophene rings is 1. The van der Waals surface area contributed by atoms with Crippen LogP contribution in [0.25, 0.3) is 0 Å². The van der Waals surface area contributed by atoms with E-state index in [4.69, 9.17) is 5.11 Å². The number of aliphatic hydroxyl groups excluding tert-OH is 1. The van der Waals surface area contributed by atoms with Gasteiger partial charge < -0.3 is 10.0 Å². The van der Waals surface area contributed by atoms with Crippen molar-refractivity contribution in [2.75, 3.05) is 25.1 Å². The van der Waals surface area contributed by atoms with Crippen molar-refractivity contribution in [3.8, 4) is 0 Å². The lowest BCUT2D eigenvalue weighted by Gasteiger charge is -2.14. The lowest BCUT2D eigenvalue weighted by molar-refractivity contribution is 0.304. The van der Waals surface area contributed by atoms with Gasteiger partial charge in [0.05, 0.1) is 40.0 Å². The molecule has 2 aromatic carbocycles. The van der Waals surface area contributed by atoms with Crippen molar-refractivity contribution in [3.05, 3.63) is 84.7 Å². The maximum absolute atomic E-state index is 9.07.